The molecule has 0 aliphatic heterocycles. The molecule has 0 saturated carbocycles. The third-order valence-corrected chi connectivity index (χ3v) is 3.07. The summed E-state index contributed by atoms with van der Waals surface area (Å²) in [6.07, 6.45) is 0. The van der Waals surface area contributed by atoms with Gasteiger partial charge in [-0.1, -0.05) is 0 Å². The minimum atomic E-state index is 0.401. The standard InChI is InChI=1S/C12H11BrClNO2/c1-16-11-4-2-8(6-10(11)13)15-7-9-3-5-12(14)17-9/h2-6,15H,7H2,1H3. The summed E-state index contributed by atoms with van der Waals surface area (Å²) in [6, 6.07) is 9.34. The monoisotopic (exact) mass is 315 g/mol. The number of halogens is 2. The number of hydrogen-bond donors (Lipinski definition) is 1. The number of benzene rings is 1. The minimum absolute atomic E-state index is 0.401. The highest BCUT2D eigenvalue weighted by Crippen LogP contribution is 2.28. The van der Waals surface area contributed by atoms with Crippen molar-refractivity contribution in [3.63, 3.8) is 0 Å². The molecule has 17 heavy (non-hydrogen) atoms. The molecule has 3 nitrogen and oxygen atoms in total. The Morgan fingerprint density at radius 1 is 1.35 bits per heavy atom. The van der Waals surface area contributed by atoms with Crippen molar-refractivity contribution in [2.24, 2.45) is 0 Å². The third-order valence-electron chi connectivity index (χ3n) is 2.25. The van der Waals surface area contributed by atoms with Crippen molar-refractivity contribution < 1.29 is 9.15 Å². The van der Waals surface area contributed by atoms with Crippen LogP contribution in [0, 0.1) is 0 Å². The SMILES string of the molecule is COc1ccc(NCc2ccc(Cl)o2)cc1Br. The zero-order valence-electron chi connectivity index (χ0n) is 9.17. The first-order valence-corrected chi connectivity index (χ1v) is 6.18. The molecule has 0 unspecified atom stereocenters. The van der Waals surface area contributed by atoms with Crippen molar-refractivity contribution in [3.8, 4) is 5.75 Å². The van der Waals surface area contributed by atoms with Gasteiger partial charge in [0, 0.05) is 5.69 Å². The van der Waals surface area contributed by atoms with Gasteiger partial charge in [0.1, 0.15) is 11.5 Å². The van der Waals surface area contributed by atoms with Gasteiger partial charge >= 0.3 is 0 Å². The fourth-order valence-electron chi connectivity index (χ4n) is 1.41. The Bertz CT molecular complexity index is 513. The van der Waals surface area contributed by atoms with Crippen molar-refractivity contribution in [2.45, 2.75) is 6.54 Å². The summed E-state index contributed by atoms with van der Waals surface area (Å²) < 4.78 is 11.3. The van der Waals surface area contributed by atoms with Crippen LogP contribution in [0.3, 0.4) is 0 Å². The fraction of sp³-hybridized carbons (Fsp3) is 0.167. The Hall–Kier alpha value is -1.13. The van der Waals surface area contributed by atoms with E-state index in [0.717, 1.165) is 21.7 Å². The van der Waals surface area contributed by atoms with E-state index >= 15 is 0 Å². The van der Waals surface area contributed by atoms with Crippen LogP contribution in [0.25, 0.3) is 0 Å². The van der Waals surface area contributed by atoms with Gasteiger partial charge < -0.3 is 14.5 Å². The molecule has 0 aliphatic rings. The lowest BCUT2D eigenvalue weighted by Gasteiger charge is -2.07. The Morgan fingerprint density at radius 3 is 2.76 bits per heavy atom. The summed E-state index contributed by atoms with van der Waals surface area (Å²) in [6.45, 7) is 0.589. The van der Waals surface area contributed by atoms with Crippen molar-refractivity contribution in [2.75, 3.05) is 12.4 Å². The molecule has 0 bridgehead atoms. The number of furan rings is 1. The first-order chi connectivity index (χ1) is 8.19. The van der Waals surface area contributed by atoms with Crippen LogP contribution in [-0.4, -0.2) is 7.11 Å². The number of ether oxygens (including phenoxy) is 1. The Balaban J connectivity index is 2.02. The van der Waals surface area contributed by atoms with Gasteiger partial charge in [-0.2, -0.15) is 0 Å². The van der Waals surface area contributed by atoms with Crippen LogP contribution in [-0.2, 0) is 6.54 Å². The number of anilines is 1. The number of nitrogens with one attached hydrogen (secondary N) is 1. The summed E-state index contributed by atoms with van der Waals surface area (Å²) in [7, 11) is 1.64. The highest BCUT2D eigenvalue weighted by atomic mass is 79.9. The van der Waals surface area contributed by atoms with E-state index in [-0.39, 0.29) is 0 Å². The quantitative estimate of drug-likeness (QED) is 0.912. The molecule has 1 N–H and O–H groups in total. The molecule has 2 aromatic rings. The van der Waals surface area contributed by atoms with E-state index in [1.165, 1.54) is 0 Å². The second kappa shape index (κ2) is 5.47. The van der Waals surface area contributed by atoms with Crippen molar-refractivity contribution in [3.05, 3.63) is 45.8 Å². The lowest BCUT2D eigenvalue weighted by molar-refractivity contribution is 0.412. The van der Waals surface area contributed by atoms with Crippen LogP contribution < -0.4 is 10.1 Å². The maximum atomic E-state index is 5.69. The van der Waals surface area contributed by atoms with Crippen LogP contribution in [0.2, 0.25) is 5.22 Å². The molecule has 0 aliphatic carbocycles. The van der Waals surface area contributed by atoms with Gasteiger partial charge in [-0.3, -0.25) is 0 Å². The molecule has 0 radical (unpaired) electrons. The van der Waals surface area contributed by atoms with E-state index in [4.69, 9.17) is 20.8 Å². The molecule has 0 amide bonds. The van der Waals surface area contributed by atoms with Crippen molar-refractivity contribution in [1.29, 1.82) is 0 Å². The molecule has 5 heteroatoms. The molecule has 90 valence electrons. The fourth-order valence-corrected chi connectivity index (χ4v) is 2.12. The Labute approximate surface area is 113 Å². The van der Waals surface area contributed by atoms with Gasteiger partial charge in [0.25, 0.3) is 0 Å². The van der Waals surface area contributed by atoms with E-state index < -0.39 is 0 Å². The molecule has 1 aromatic heterocycles. The highest BCUT2D eigenvalue weighted by molar-refractivity contribution is 9.10. The molecular formula is C12H11BrClNO2. The highest BCUT2D eigenvalue weighted by Gasteiger charge is 2.03. The smallest absolute Gasteiger partial charge is 0.193 e. The predicted octanol–water partition coefficient (Wildman–Crippen LogP) is 4.32. The van der Waals surface area contributed by atoms with Crippen LogP contribution in [0.4, 0.5) is 5.69 Å². The summed E-state index contributed by atoms with van der Waals surface area (Å²) in [5, 5.41) is 3.63. The minimum Gasteiger partial charge on any atom is -0.496 e. The van der Waals surface area contributed by atoms with Gasteiger partial charge in [-0.05, 0) is 57.9 Å². The lowest BCUT2D eigenvalue weighted by Crippen LogP contribution is -1.98. The number of rotatable bonds is 4. The molecule has 2 rings (SSSR count). The Kier molecular flexibility index (Phi) is 3.97. The zero-order valence-corrected chi connectivity index (χ0v) is 11.5. The second-order valence-electron chi connectivity index (χ2n) is 3.41. The van der Waals surface area contributed by atoms with Crippen LogP contribution >= 0.6 is 27.5 Å². The van der Waals surface area contributed by atoms with E-state index in [2.05, 4.69) is 21.2 Å². The van der Waals surface area contributed by atoms with Gasteiger partial charge in [0.05, 0.1) is 18.1 Å². The summed E-state index contributed by atoms with van der Waals surface area (Å²) >= 11 is 9.12. The van der Waals surface area contributed by atoms with Crippen molar-refractivity contribution >= 4 is 33.2 Å². The lowest BCUT2D eigenvalue weighted by atomic mass is 10.3. The second-order valence-corrected chi connectivity index (χ2v) is 4.64. The van der Waals surface area contributed by atoms with Gasteiger partial charge in [-0.15, -0.1) is 0 Å². The van der Waals surface area contributed by atoms with Gasteiger partial charge in [0.15, 0.2) is 5.22 Å². The number of methoxy groups -OCH3 is 1. The number of hydrogen-bond acceptors (Lipinski definition) is 3. The van der Waals surface area contributed by atoms with E-state index in [1.54, 1.807) is 13.2 Å². The van der Waals surface area contributed by atoms with E-state index in [0.29, 0.717) is 11.8 Å². The predicted molar refractivity (Wildman–Crippen MR) is 71.7 cm³/mol. The average molecular weight is 317 g/mol. The van der Waals surface area contributed by atoms with Gasteiger partial charge in [0.2, 0.25) is 0 Å². The molecular weight excluding hydrogens is 305 g/mol. The van der Waals surface area contributed by atoms with E-state index in [9.17, 15) is 0 Å². The molecule has 0 spiro atoms. The molecule has 1 aromatic carbocycles. The first kappa shape index (κ1) is 12.3. The topological polar surface area (TPSA) is 34.4 Å². The van der Waals surface area contributed by atoms with Crippen LogP contribution in [0.15, 0.2) is 39.2 Å². The van der Waals surface area contributed by atoms with E-state index in [1.807, 2.05) is 24.3 Å². The molecule has 1 heterocycles. The maximum Gasteiger partial charge on any atom is 0.193 e. The molecule has 0 saturated heterocycles. The third kappa shape index (κ3) is 3.17. The first-order valence-electron chi connectivity index (χ1n) is 5.00. The Morgan fingerprint density at radius 2 is 2.18 bits per heavy atom. The normalized spacial score (nSPS) is 10.3. The summed E-state index contributed by atoms with van der Waals surface area (Å²) in [5.74, 6) is 1.60. The van der Waals surface area contributed by atoms with Crippen LogP contribution in [0.1, 0.15) is 5.76 Å². The summed E-state index contributed by atoms with van der Waals surface area (Å²) in [5.41, 5.74) is 0.977. The van der Waals surface area contributed by atoms with Gasteiger partial charge in [-0.25, -0.2) is 0 Å². The zero-order chi connectivity index (χ0) is 12.3. The maximum absolute atomic E-state index is 5.69. The molecule has 0 atom stereocenters. The van der Waals surface area contributed by atoms with Crippen LogP contribution in [0.5, 0.6) is 5.75 Å². The average Bonchev–Trinajstić information content (AvgIpc) is 2.73. The summed E-state index contributed by atoms with van der Waals surface area (Å²) in [4.78, 5) is 0. The largest absolute Gasteiger partial charge is 0.496 e. The van der Waals surface area contributed by atoms with Crippen molar-refractivity contribution in [1.82, 2.24) is 0 Å². The molecule has 0 fully saturated rings.